The summed E-state index contributed by atoms with van der Waals surface area (Å²) in [5.74, 6) is 0.553. The molecule has 0 aromatic carbocycles. The minimum atomic E-state index is -0.157. The first-order valence-electron chi connectivity index (χ1n) is 6.54. The van der Waals surface area contributed by atoms with E-state index in [2.05, 4.69) is 18.7 Å². The molecule has 1 heterocycles. The van der Waals surface area contributed by atoms with Crippen LogP contribution in [0.4, 0.5) is 0 Å². The fourth-order valence-electron chi connectivity index (χ4n) is 2.56. The van der Waals surface area contributed by atoms with Gasteiger partial charge in [0.05, 0.1) is 0 Å². The predicted octanol–water partition coefficient (Wildman–Crippen LogP) is 2.01. The molecule has 3 heteroatoms. The number of primary amides is 1. The van der Waals surface area contributed by atoms with Crippen molar-refractivity contribution in [3.63, 3.8) is 0 Å². The van der Waals surface area contributed by atoms with Gasteiger partial charge in [-0.05, 0) is 31.7 Å². The van der Waals surface area contributed by atoms with Gasteiger partial charge in [0.25, 0.3) is 0 Å². The van der Waals surface area contributed by atoms with Gasteiger partial charge in [-0.25, -0.2) is 0 Å². The molecular formula is C13H26N2O. The van der Waals surface area contributed by atoms with E-state index in [0.29, 0.717) is 12.0 Å². The number of hydrogen-bond donors (Lipinski definition) is 1. The van der Waals surface area contributed by atoms with Crippen LogP contribution in [0.1, 0.15) is 46.5 Å². The van der Waals surface area contributed by atoms with Crippen molar-refractivity contribution in [3.05, 3.63) is 0 Å². The summed E-state index contributed by atoms with van der Waals surface area (Å²) in [6, 6.07) is 0.568. The highest BCUT2D eigenvalue weighted by molar-refractivity contribution is 5.76. The maximum atomic E-state index is 11.1. The number of hydrogen-bond acceptors (Lipinski definition) is 2. The van der Waals surface area contributed by atoms with Crippen molar-refractivity contribution in [1.29, 1.82) is 0 Å². The molecule has 1 aliphatic rings. The van der Waals surface area contributed by atoms with Crippen molar-refractivity contribution < 1.29 is 4.79 Å². The standard InChI is InChI=1S/C13H26N2O/c1-10(2)9-15-7-5-4-6-12(15)8-11(3)13(14)16/h10-12H,4-9H2,1-3H3,(H2,14,16). The van der Waals surface area contributed by atoms with E-state index in [1.54, 1.807) is 0 Å². The minimum absolute atomic E-state index is 0.0118. The fourth-order valence-corrected chi connectivity index (χ4v) is 2.56. The second kappa shape index (κ2) is 6.24. The van der Waals surface area contributed by atoms with E-state index in [4.69, 9.17) is 5.73 Å². The molecule has 94 valence electrons. The van der Waals surface area contributed by atoms with E-state index < -0.39 is 0 Å². The Balaban J connectivity index is 2.49. The zero-order valence-corrected chi connectivity index (χ0v) is 10.9. The van der Waals surface area contributed by atoms with Crippen LogP contribution < -0.4 is 5.73 Å². The zero-order chi connectivity index (χ0) is 12.1. The van der Waals surface area contributed by atoms with Crippen LogP contribution in [0.3, 0.4) is 0 Å². The first-order valence-corrected chi connectivity index (χ1v) is 6.54. The average Bonchev–Trinajstić information content (AvgIpc) is 2.20. The van der Waals surface area contributed by atoms with Crippen LogP contribution >= 0.6 is 0 Å². The molecule has 0 aliphatic carbocycles. The second-order valence-corrected chi connectivity index (χ2v) is 5.58. The third kappa shape index (κ3) is 4.12. The summed E-state index contributed by atoms with van der Waals surface area (Å²) in [5, 5.41) is 0. The van der Waals surface area contributed by atoms with Crippen molar-refractivity contribution in [2.24, 2.45) is 17.6 Å². The maximum absolute atomic E-state index is 11.1. The molecule has 3 nitrogen and oxygen atoms in total. The summed E-state index contributed by atoms with van der Waals surface area (Å²) >= 11 is 0. The molecular weight excluding hydrogens is 200 g/mol. The van der Waals surface area contributed by atoms with Crippen molar-refractivity contribution in [2.45, 2.75) is 52.5 Å². The number of carbonyl (C=O) groups is 1. The molecule has 0 bridgehead atoms. The number of nitrogens with two attached hydrogens (primary N) is 1. The van der Waals surface area contributed by atoms with Gasteiger partial charge in [0.2, 0.25) is 5.91 Å². The Kier molecular flexibility index (Phi) is 5.26. The van der Waals surface area contributed by atoms with Crippen molar-refractivity contribution >= 4 is 5.91 Å². The van der Waals surface area contributed by atoms with Crippen LogP contribution in [0.2, 0.25) is 0 Å². The van der Waals surface area contributed by atoms with Crippen LogP contribution in [-0.4, -0.2) is 29.9 Å². The molecule has 1 fully saturated rings. The van der Waals surface area contributed by atoms with Gasteiger partial charge in [0, 0.05) is 18.5 Å². The molecule has 2 N–H and O–H groups in total. The largest absolute Gasteiger partial charge is 0.369 e. The lowest BCUT2D eigenvalue weighted by Crippen LogP contribution is -2.43. The molecule has 1 rings (SSSR count). The summed E-state index contributed by atoms with van der Waals surface area (Å²) in [7, 11) is 0. The van der Waals surface area contributed by atoms with Gasteiger partial charge in [-0.3, -0.25) is 4.79 Å². The van der Waals surface area contributed by atoms with Gasteiger partial charge in [0.1, 0.15) is 0 Å². The number of piperidine rings is 1. The molecule has 1 amide bonds. The van der Waals surface area contributed by atoms with Gasteiger partial charge in [-0.1, -0.05) is 27.2 Å². The molecule has 1 saturated heterocycles. The molecule has 0 aromatic rings. The number of likely N-dealkylation sites (tertiary alicyclic amines) is 1. The lowest BCUT2D eigenvalue weighted by Gasteiger charge is -2.37. The van der Waals surface area contributed by atoms with Gasteiger partial charge in [-0.15, -0.1) is 0 Å². The number of carbonyl (C=O) groups excluding carboxylic acids is 1. The van der Waals surface area contributed by atoms with E-state index in [1.807, 2.05) is 6.92 Å². The van der Waals surface area contributed by atoms with E-state index in [0.717, 1.165) is 13.0 Å². The quantitative estimate of drug-likeness (QED) is 0.779. The van der Waals surface area contributed by atoms with Crippen molar-refractivity contribution in [3.8, 4) is 0 Å². The molecule has 2 unspecified atom stereocenters. The lowest BCUT2D eigenvalue weighted by molar-refractivity contribution is -0.122. The fraction of sp³-hybridized carbons (Fsp3) is 0.923. The SMILES string of the molecule is CC(C)CN1CCCCC1CC(C)C(N)=O. The first-order chi connectivity index (χ1) is 7.50. The Morgan fingerprint density at radius 1 is 1.38 bits per heavy atom. The van der Waals surface area contributed by atoms with Crippen LogP contribution in [0.5, 0.6) is 0 Å². The summed E-state index contributed by atoms with van der Waals surface area (Å²) < 4.78 is 0. The van der Waals surface area contributed by atoms with E-state index in [1.165, 1.54) is 25.8 Å². The number of amides is 1. The third-order valence-electron chi connectivity index (χ3n) is 3.46. The number of rotatable bonds is 5. The Labute approximate surface area is 99.4 Å². The molecule has 0 aromatic heterocycles. The van der Waals surface area contributed by atoms with Crippen molar-refractivity contribution in [2.75, 3.05) is 13.1 Å². The Morgan fingerprint density at radius 3 is 2.62 bits per heavy atom. The van der Waals surface area contributed by atoms with E-state index in [9.17, 15) is 4.79 Å². The average molecular weight is 226 g/mol. The Morgan fingerprint density at radius 2 is 2.06 bits per heavy atom. The predicted molar refractivity (Wildman–Crippen MR) is 67.0 cm³/mol. The van der Waals surface area contributed by atoms with Gasteiger partial charge in [0.15, 0.2) is 0 Å². The first kappa shape index (κ1) is 13.5. The van der Waals surface area contributed by atoms with Crippen LogP contribution in [-0.2, 0) is 4.79 Å². The highest BCUT2D eigenvalue weighted by Gasteiger charge is 2.25. The molecule has 1 aliphatic heterocycles. The lowest BCUT2D eigenvalue weighted by atomic mass is 9.92. The Bertz CT molecular complexity index is 228. The smallest absolute Gasteiger partial charge is 0.220 e. The summed E-state index contributed by atoms with van der Waals surface area (Å²) in [4.78, 5) is 13.7. The summed E-state index contributed by atoms with van der Waals surface area (Å²) in [6.07, 6.45) is 4.76. The monoisotopic (exact) mass is 226 g/mol. The van der Waals surface area contributed by atoms with Gasteiger partial charge >= 0.3 is 0 Å². The van der Waals surface area contributed by atoms with Crippen LogP contribution in [0.15, 0.2) is 0 Å². The van der Waals surface area contributed by atoms with Gasteiger partial charge < -0.3 is 10.6 Å². The maximum Gasteiger partial charge on any atom is 0.220 e. The second-order valence-electron chi connectivity index (χ2n) is 5.58. The molecule has 0 spiro atoms. The molecule has 2 atom stereocenters. The number of nitrogens with zero attached hydrogens (tertiary/aromatic N) is 1. The highest BCUT2D eigenvalue weighted by Crippen LogP contribution is 2.23. The normalized spacial score (nSPS) is 24.6. The minimum Gasteiger partial charge on any atom is -0.369 e. The molecule has 16 heavy (non-hydrogen) atoms. The Hall–Kier alpha value is -0.570. The zero-order valence-electron chi connectivity index (χ0n) is 10.9. The van der Waals surface area contributed by atoms with E-state index in [-0.39, 0.29) is 11.8 Å². The van der Waals surface area contributed by atoms with Crippen LogP contribution in [0.25, 0.3) is 0 Å². The summed E-state index contributed by atoms with van der Waals surface area (Å²) in [5.41, 5.74) is 5.34. The summed E-state index contributed by atoms with van der Waals surface area (Å²) in [6.45, 7) is 8.79. The van der Waals surface area contributed by atoms with E-state index >= 15 is 0 Å². The van der Waals surface area contributed by atoms with Gasteiger partial charge in [-0.2, -0.15) is 0 Å². The van der Waals surface area contributed by atoms with Crippen molar-refractivity contribution in [1.82, 2.24) is 4.90 Å². The molecule has 0 saturated carbocycles. The third-order valence-corrected chi connectivity index (χ3v) is 3.46. The molecule has 0 radical (unpaired) electrons. The topological polar surface area (TPSA) is 46.3 Å². The highest BCUT2D eigenvalue weighted by atomic mass is 16.1. The van der Waals surface area contributed by atoms with Crippen LogP contribution in [0, 0.1) is 11.8 Å².